The van der Waals surface area contributed by atoms with Gasteiger partial charge >= 0.3 is 10.1 Å². The molecule has 0 spiro atoms. The van der Waals surface area contributed by atoms with Gasteiger partial charge < -0.3 is 9.50 Å². The molecule has 0 bridgehead atoms. The van der Waals surface area contributed by atoms with Gasteiger partial charge in [-0.1, -0.05) is 23.7 Å². The number of carbonyl (C=O) groups is 1. The van der Waals surface area contributed by atoms with E-state index >= 15 is 0 Å². The van der Waals surface area contributed by atoms with Crippen molar-refractivity contribution < 1.29 is 21.8 Å². The Morgan fingerprint density at radius 2 is 1.91 bits per heavy atom. The zero-order chi connectivity index (χ0) is 16.3. The lowest BCUT2D eigenvalue weighted by atomic mass is 10.3. The van der Waals surface area contributed by atoms with Gasteiger partial charge in [0.25, 0.3) is 0 Å². The Bertz CT molecular complexity index is 823. The number of benzene rings is 2. The highest BCUT2D eigenvalue weighted by molar-refractivity contribution is 7.87. The van der Waals surface area contributed by atoms with Crippen LogP contribution in [0.3, 0.4) is 0 Å². The van der Waals surface area contributed by atoms with Gasteiger partial charge in [-0.15, -0.1) is 0 Å². The normalized spacial score (nSPS) is 11.0. The number of anilines is 1. The Labute approximate surface area is 131 Å². The summed E-state index contributed by atoms with van der Waals surface area (Å²) in [5.41, 5.74) is 0.191. The van der Waals surface area contributed by atoms with E-state index in [1.165, 1.54) is 19.1 Å². The van der Waals surface area contributed by atoms with Gasteiger partial charge in [0.15, 0.2) is 5.75 Å². The second-order valence-electron chi connectivity index (χ2n) is 4.29. The van der Waals surface area contributed by atoms with Gasteiger partial charge in [0.1, 0.15) is 10.7 Å². The summed E-state index contributed by atoms with van der Waals surface area (Å²) in [5.74, 6) is -1.12. The van der Waals surface area contributed by atoms with Gasteiger partial charge in [0.2, 0.25) is 5.91 Å². The number of amides is 1. The molecule has 1 amide bonds. The van der Waals surface area contributed by atoms with E-state index in [0.717, 1.165) is 18.2 Å². The molecular weight excluding hydrogens is 333 g/mol. The predicted octanol–water partition coefficient (Wildman–Crippen LogP) is 3.21. The molecule has 0 saturated carbocycles. The Morgan fingerprint density at radius 3 is 2.55 bits per heavy atom. The summed E-state index contributed by atoms with van der Waals surface area (Å²) < 4.78 is 42.5. The lowest BCUT2D eigenvalue weighted by molar-refractivity contribution is -0.114. The third kappa shape index (κ3) is 3.75. The van der Waals surface area contributed by atoms with E-state index in [-0.39, 0.29) is 27.3 Å². The molecule has 0 heterocycles. The fourth-order valence-electron chi connectivity index (χ4n) is 1.67. The Kier molecular flexibility index (Phi) is 4.68. The van der Waals surface area contributed by atoms with Crippen molar-refractivity contribution in [2.45, 2.75) is 11.8 Å². The van der Waals surface area contributed by atoms with E-state index in [2.05, 4.69) is 5.32 Å². The van der Waals surface area contributed by atoms with Crippen molar-refractivity contribution >= 4 is 33.3 Å². The largest absolute Gasteiger partial charge is 0.377 e. The lowest BCUT2D eigenvalue weighted by Gasteiger charge is -2.12. The van der Waals surface area contributed by atoms with Crippen molar-refractivity contribution in [2.75, 3.05) is 5.32 Å². The standard InChI is InChI=1S/C14H11ClFNO4S/c1-9(18)17-12-4-2-3-5-13(12)21-22(19,20)14-7-6-10(16)8-11(14)15/h2-8H,1H3,(H,17,18). The third-order valence-electron chi connectivity index (χ3n) is 2.56. The van der Waals surface area contributed by atoms with Crippen LogP contribution < -0.4 is 9.50 Å². The van der Waals surface area contributed by atoms with Crippen LogP contribution in [0.25, 0.3) is 0 Å². The van der Waals surface area contributed by atoms with E-state index in [1.54, 1.807) is 12.1 Å². The summed E-state index contributed by atoms with van der Waals surface area (Å²) in [6, 6.07) is 8.85. The first kappa shape index (κ1) is 16.3. The van der Waals surface area contributed by atoms with Crippen molar-refractivity contribution in [3.05, 3.63) is 53.3 Å². The van der Waals surface area contributed by atoms with Gasteiger partial charge in [0, 0.05) is 6.92 Å². The molecule has 2 aromatic carbocycles. The average Bonchev–Trinajstić information content (AvgIpc) is 2.39. The van der Waals surface area contributed by atoms with Crippen molar-refractivity contribution in [1.82, 2.24) is 0 Å². The minimum atomic E-state index is -4.27. The molecular formula is C14H11ClFNO4S. The van der Waals surface area contributed by atoms with Crippen LogP contribution in [0.2, 0.25) is 5.02 Å². The van der Waals surface area contributed by atoms with Gasteiger partial charge in [-0.3, -0.25) is 4.79 Å². The first-order valence-electron chi connectivity index (χ1n) is 6.06. The highest BCUT2D eigenvalue weighted by Gasteiger charge is 2.22. The van der Waals surface area contributed by atoms with Crippen LogP contribution in [0, 0.1) is 5.82 Å². The lowest BCUT2D eigenvalue weighted by Crippen LogP contribution is -2.13. The molecule has 0 aliphatic heterocycles. The van der Waals surface area contributed by atoms with Crippen LogP contribution in [-0.2, 0) is 14.9 Å². The quantitative estimate of drug-likeness (QED) is 0.865. The molecule has 1 N–H and O–H groups in total. The van der Waals surface area contributed by atoms with Crippen LogP contribution in [0.5, 0.6) is 5.75 Å². The summed E-state index contributed by atoms with van der Waals surface area (Å²) in [7, 11) is -4.27. The second-order valence-corrected chi connectivity index (χ2v) is 6.21. The highest BCUT2D eigenvalue weighted by Crippen LogP contribution is 2.30. The maximum atomic E-state index is 13.0. The topological polar surface area (TPSA) is 72.5 Å². The maximum Gasteiger partial charge on any atom is 0.340 e. The fraction of sp³-hybridized carbons (Fsp3) is 0.0714. The molecule has 0 saturated heterocycles. The molecule has 0 fully saturated rings. The molecule has 22 heavy (non-hydrogen) atoms. The van der Waals surface area contributed by atoms with E-state index in [0.29, 0.717) is 0 Å². The van der Waals surface area contributed by atoms with Crippen LogP contribution >= 0.6 is 11.6 Å². The van der Waals surface area contributed by atoms with E-state index < -0.39 is 15.9 Å². The number of hydrogen-bond acceptors (Lipinski definition) is 4. The molecule has 116 valence electrons. The number of nitrogens with one attached hydrogen (secondary N) is 1. The zero-order valence-electron chi connectivity index (χ0n) is 11.3. The number of carbonyl (C=O) groups excluding carboxylic acids is 1. The molecule has 0 radical (unpaired) electrons. The van der Waals surface area contributed by atoms with Crippen molar-refractivity contribution in [3.63, 3.8) is 0 Å². The predicted molar refractivity (Wildman–Crippen MR) is 80.0 cm³/mol. The van der Waals surface area contributed by atoms with Crippen LogP contribution in [0.15, 0.2) is 47.4 Å². The van der Waals surface area contributed by atoms with E-state index in [4.69, 9.17) is 15.8 Å². The molecule has 5 nitrogen and oxygen atoms in total. The van der Waals surface area contributed by atoms with E-state index in [9.17, 15) is 17.6 Å². The molecule has 2 aromatic rings. The smallest absolute Gasteiger partial charge is 0.340 e. The number of rotatable bonds is 4. The summed E-state index contributed by atoms with van der Waals surface area (Å²) in [4.78, 5) is 10.7. The first-order chi connectivity index (χ1) is 10.3. The van der Waals surface area contributed by atoms with Crippen LogP contribution in [0.1, 0.15) is 6.92 Å². The second kappa shape index (κ2) is 6.33. The minimum Gasteiger partial charge on any atom is -0.377 e. The monoisotopic (exact) mass is 343 g/mol. The van der Waals surface area contributed by atoms with Gasteiger partial charge in [-0.25, -0.2) is 4.39 Å². The Hall–Kier alpha value is -2.12. The molecule has 0 unspecified atom stereocenters. The zero-order valence-corrected chi connectivity index (χ0v) is 12.9. The van der Waals surface area contributed by atoms with Gasteiger partial charge in [-0.05, 0) is 30.3 Å². The van der Waals surface area contributed by atoms with Crippen molar-refractivity contribution in [1.29, 1.82) is 0 Å². The molecule has 2 rings (SSSR count). The average molecular weight is 344 g/mol. The molecule has 0 aliphatic carbocycles. The Balaban J connectivity index is 2.39. The maximum absolute atomic E-state index is 13.0. The van der Waals surface area contributed by atoms with Gasteiger partial charge in [0.05, 0.1) is 10.7 Å². The third-order valence-corrected chi connectivity index (χ3v) is 4.28. The SMILES string of the molecule is CC(=O)Nc1ccccc1OS(=O)(=O)c1ccc(F)cc1Cl. The summed E-state index contributed by atoms with van der Waals surface area (Å²) >= 11 is 5.74. The number of halogens is 2. The van der Waals surface area contributed by atoms with Gasteiger partial charge in [-0.2, -0.15) is 8.42 Å². The summed E-state index contributed by atoms with van der Waals surface area (Å²) in [6.07, 6.45) is 0. The van der Waals surface area contributed by atoms with Crippen LogP contribution in [-0.4, -0.2) is 14.3 Å². The number of hydrogen-bond donors (Lipinski definition) is 1. The fourth-order valence-corrected chi connectivity index (χ4v) is 3.13. The number of para-hydroxylation sites is 2. The summed E-state index contributed by atoms with van der Waals surface area (Å²) in [5, 5.41) is 2.16. The highest BCUT2D eigenvalue weighted by atomic mass is 35.5. The van der Waals surface area contributed by atoms with Crippen LogP contribution in [0.4, 0.5) is 10.1 Å². The molecule has 0 aromatic heterocycles. The minimum absolute atomic E-state index is 0.0712. The summed E-state index contributed by atoms with van der Waals surface area (Å²) in [6.45, 7) is 1.28. The molecule has 0 atom stereocenters. The van der Waals surface area contributed by atoms with Crippen molar-refractivity contribution in [2.24, 2.45) is 0 Å². The first-order valence-corrected chi connectivity index (χ1v) is 7.84. The molecule has 8 heteroatoms. The molecule has 0 aliphatic rings. The van der Waals surface area contributed by atoms with Crippen molar-refractivity contribution in [3.8, 4) is 5.75 Å². The van der Waals surface area contributed by atoms with E-state index in [1.807, 2.05) is 0 Å². The Morgan fingerprint density at radius 1 is 1.23 bits per heavy atom.